The largest absolute Gasteiger partial charge is 0.411 e. The SMILES string of the molecule is CSC(C)(SC)/C(C)=N\O. The lowest BCUT2D eigenvalue weighted by atomic mass is 10.3. The van der Waals surface area contributed by atoms with Crippen molar-refractivity contribution in [1.82, 2.24) is 0 Å². The van der Waals surface area contributed by atoms with Gasteiger partial charge in [0.25, 0.3) is 0 Å². The Labute approximate surface area is 70.5 Å². The molecule has 0 spiro atoms. The fourth-order valence-corrected chi connectivity index (χ4v) is 1.81. The summed E-state index contributed by atoms with van der Waals surface area (Å²) in [7, 11) is 0. The first-order valence-corrected chi connectivity index (χ1v) is 5.35. The molecule has 1 N–H and O–H groups in total. The van der Waals surface area contributed by atoms with Crippen LogP contribution in [0, 0.1) is 0 Å². The summed E-state index contributed by atoms with van der Waals surface area (Å²) in [4.78, 5) is 0. The second kappa shape index (κ2) is 4.13. The maximum absolute atomic E-state index is 8.49. The van der Waals surface area contributed by atoms with Crippen molar-refractivity contribution in [3.8, 4) is 0 Å². The molecule has 0 rings (SSSR count). The fourth-order valence-electron chi connectivity index (χ4n) is 0.470. The Kier molecular flexibility index (Phi) is 4.20. The van der Waals surface area contributed by atoms with Crippen LogP contribution in [-0.4, -0.2) is 27.5 Å². The highest BCUT2D eigenvalue weighted by molar-refractivity contribution is 8.18. The fraction of sp³-hybridized carbons (Fsp3) is 0.833. The third-order valence-corrected chi connectivity index (χ3v) is 4.74. The van der Waals surface area contributed by atoms with E-state index in [0.29, 0.717) is 0 Å². The molecule has 0 aromatic carbocycles. The van der Waals surface area contributed by atoms with E-state index in [0.717, 1.165) is 5.71 Å². The first-order chi connectivity index (χ1) is 4.60. The molecule has 10 heavy (non-hydrogen) atoms. The molecule has 0 atom stereocenters. The summed E-state index contributed by atoms with van der Waals surface area (Å²) < 4.78 is -0.0747. The van der Waals surface area contributed by atoms with Gasteiger partial charge in [-0.15, -0.1) is 23.5 Å². The van der Waals surface area contributed by atoms with Crippen molar-refractivity contribution in [3.63, 3.8) is 0 Å². The van der Waals surface area contributed by atoms with Crippen molar-refractivity contribution in [2.45, 2.75) is 17.9 Å². The third-order valence-electron chi connectivity index (χ3n) is 1.59. The molecule has 0 saturated carbocycles. The third kappa shape index (κ3) is 2.09. The molecule has 0 heterocycles. The Morgan fingerprint density at radius 3 is 1.90 bits per heavy atom. The molecule has 0 saturated heterocycles. The molecule has 0 aliphatic rings. The first-order valence-electron chi connectivity index (χ1n) is 2.90. The predicted octanol–water partition coefficient (Wildman–Crippen LogP) is 2.28. The van der Waals surface area contributed by atoms with E-state index in [-0.39, 0.29) is 4.08 Å². The zero-order valence-corrected chi connectivity index (χ0v) is 8.34. The molecule has 0 aromatic heterocycles. The molecule has 2 nitrogen and oxygen atoms in total. The van der Waals surface area contributed by atoms with Gasteiger partial charge in [-0.1, -0.05) is 5.16 Å². The molecule has 0 bridgehead atoms. The van der Waals surface area contributed by atoms with Gasteiger partial charge in [0, 0.05) is 0 Å². The average molecular weight is 179 g/mol. The van der Waals surface area contributed by atoms with Crippen LogP contribution in [0.4, 0.5) is 0 Å². The lowest BCUT2D eigenvalue weighted by Gasteiger charge is -2.23. The van der Waals surface area contributed by atoms with E-state index in [1.165, 1.54) is 0 Å². The van der Waals surface area contributed by atoms with E-state index in [9.17, 15) is 0 Å². The number of hydrogen-bond acceptors (Lipinski definition) is 4. The van der Waals surface area contributed by atoms with Crippen LogP contribution in [0.5, 0.6) is 0 Å². The summed E-state index contributed by atoms with van der Waals surface area (Å²) in [5.74, 6) is 0. The van der Waals surface area contributed by atoms with Crippen molar-refractivity contribution < 1.29 is 5.21 Å². The standard InChI is InChI=1S/C6H13NOS2/c1-5(7-8)6(2,9-3)10-4/h8H,1-4H3/b7-5-. The topological polar surface area (TPSA) is 32.6 Å². The zero-order valence-electron chi connectivity index (χ0n) is 6.71. The van der Waals surface area contributed by atoms with Gasteiger partial charge in [-0.05, 0) is 26.4 Å². The summed E-state index contributed by atoms with van der Waals surface area (Å²) >= 11 is 3.35. The van der Waals surface area contributed by atoms with Gasteiger partial charge in [0.05, 0.1) is 9.79 Å². The molecule has 0 amide bonds. The first kappa shape index (κ1) is 10.2. The molecule has 0 fully saturated rings. The molecular weight excluding hydrogens is 166 g/mol. The van der Waals surface area contributed by atoms with Crippen LogP contribution < -0.4 is 0 Å². The van der Waals surface area contributed by atoms with Crippen LogP contribution in [0.25, 0.3) is 0 Å². The minimum Gasteiger partial charge on any atom is -0.411 e. The van der Waals surface area contributed by atoms with Crippen molar-refractivity contribution in [2.24, 2.45) is 5.16 Å². The Balaban J connectivity index is 4.32. The van der Waals surface area contributed by atoms with Gasteiger partial charge < -0.3 is 5.21 Å². The predicted molar refractivity (Wildman–Crippen MR) is 50.3 cm³/mol. The van der Waals surface area contributed by atoms with Crippen molar-refractivity contribution >= 4 is 29.2 Å². The quantitative estimate of drug-likeness (QED) is 0.312. The molecule has 4 heteroatoms. The van der Waals surface area contributed by atoms with Gasteiger partial charge in [0.2, 0.25) is 0 Å². The van der Waals surface area contributed by atoms with Gasteiger partial charge in [-0.25, -0.2) is 0 Å². The normalized spacial score (nSPS) is 13.8. The molecular formula is C6H13NOS2. The molecule has 0 aliphatic heterocycles. The number of rotatable bonds is 3. The highest BCUT2D eigenvalue weighted by Gasteiger charge is 2.25. The van der Waals surface area contributed by atoms with E-state index < -0.39 is 0 Å². The number of hydrogen-bond donors (Lipinski definition) is 1. The van der Waals surface area contributed by atoms with Crippen LogP contribution in [0.3, 0.4) is 0 Å². The Morgan fingerprint density at radius 2 is 1.80 bits per heavy atom. The zero-order chi connectivity index (χ0) is 8.20. The minimum absolute atomic E-state index is 0.0747. The minimum atomic E-state index is -0.0747. The average Bonchev–Trinajstić information content (AvgIpc) is 2.01. The highest BCUT2D eigenvalue weighted by atomic mass is 32.2. The van der Waals surface area contributed by atoms with Gasteiger partial charge in [-0.3, -0.25) is 0 Å². The van der Waals surface area contributed by atoms with Crippen molar-refractivity contribution in [3.05, 3.63) is 0 Å². The van der Waals surface area contributed by atoms with Gasteiger partial charge in [-0.2, -0.15) is 0 Å². The highest BCUT2D eigenvalue weighted by Crippen LogP contribution is 2.34. The Bertz CT molecular complexity index is 132. The van der Waals surface area contributed by atoms with E-state index in [2.05, 4.69) is 5.16 Å². The number of oxime groups is 1. The summed E-state index contributed by atoms with van der Waals surface area (Å²) in [6.07, 6.45) is 4.01. The molecule has 0 aliphatic carbocycles. The summed E-state index contributed by atoms with van der Waals surface area (Å²) in [5.41, 5.74) is 0.757. The molecule has 60 valence electrons. The maximum Gasteiger partial charge on any atom is 0.0987 e. The Morgan fingerprint density at radius 1 is 1.40 bits per heavy atom. The molecule has 0 unspecified atom stereocenters. The maximum atomic E-state index is 8.49. The van der Waals surface area contributed by atoms with Crippen LogP contribution in [-0.2, 0) is 0 Å². The second-order valence-electron chi connectivity index (χ2n) is 2.04. The Hall–Kier alpha value is 0.170. The molecule has 0 radical (unpaired) electrons. The van der Waals surface area contributed by atoms with Crippen molar-refractivity contribution in [1.29, 1.82) is 0 Å². The van der Waals surface area contributed by atoms with Crippen LogP contribution >= 0.6 is 23.5 Å². The van der Waals surface area contributed by atoms with E-state index in [4.69, 9.17) is 5.21 Å². The van der Waals surface area contributed by atoms with E-state index in [1.54, 1.807) is 23.5 Å². The van der Waals surface area contributed by atoms with Crippen LogP contribution in [0.2, 0.25) is 0 Å². The van der Waals surface area contributed by atoms with Gasteiger partial charge in [0.1, 0.15) is 0 Å². The summed E-state index contributed by atoms with van der Waals surface area (Å²) in [5, 5.41) is 11.7. The van der Waals surface area contributed by atoms with Gasteiger partial charge in [0.15, 0.2) is 0 Å². The monoisotopic (exact) mass is 179 g/mol. The van der Waals surface area contributed by atoms with E-state index >= 15 is 0 Å². The number of thioether (sulfide) groups is 2. The van der Waals surface area contributed by atoms with Gasteiger partial charge >= 0.3 is 0 Å². The summed E-state index contributed by atoms with van der Waals surface area (Å²) in [6, 6.07) is 0. The number of nitrogens with zero attached hydrogens (tertiary/aromatic N) is 1. The molecule has 0 aromatic rings. The lowest BCUT2D eigenvalue weighted by molar-refractivity contribution is 0.317. The van der Waals surface area contributed by atoms with Crippen molar-refractivity contribution in [2.75, 3.05) is 12.5 Å². The lowest BCUT2D eigenvalue weighted by Crippen LogP contribution is -2.24. The second-order valence-corrected chi connectivity index (χ2v) is 4.75. The smallest absolute Gasteiger partial charge is 0.0987 e. The van der Waals surface area contributed by atoms with E-state index in [1.807, 2.05) is 26.4 Å². The van der Waals surface area contributed by atoms with Crippen LogP contribution in [0.15, 0.2) is 5.16 Å². The van der Waals surface area contributed by atoms with Crippen LogP contribution in [0.1, 0.15) is 13.8 Å². The summed E-state index contributed by atoms with van der Waals surface area (Å²) in [6.45, 7) is 3.87.